The molecule has 3 aliphatic heterocycles. The molecule has 4 heterocycles. The normalized spacial score (nSPS) is 21.9. The van der Waals surface area contributed by atoms with Crippen LogP contribution in [0.4, 0.5) is 5.82 Å². The largest absolute Gasteiger partial charge is 0.357 e. The van der Waals surface area contributed by atoms with Crippen LogP contribution in [0.5, 0.6) is 0 Å². The van der Waals surface area contributed by atoms with E-state index in [4.69, 9.17) is 0 Å². The van der Waals surface area contributed by atoms with Crippen molar-refractivity contribution in [3.05, 3.63) is 23.9 Å². The third-order valence-electron chi connectivity index (χ3n) is 6.48. The zero-order chi connectivity index (χ0) is 19.3. The topological polar surface area (TPSA) is 56.8 Å². The third-order valence-corrected chi connectivity index (χ3v) is 6.48. The van der Waals surface area contributed by atoms with E-state index in [2.05, 4.69) is 9.88 Å². The highest BCUT2D eigenvalue weighted by Crippen LogP contribution is 2.23. The number of carbonyl (C=O) groups excluding carboxylic acids is 2. The first-order valence-corrected chi connectivity index (χ1v) is 11.0. The molecule has 0 N–H and O–H groups in total. The molecular weight excluding hydrogens is 352 g/mol. The molecule has 4 rings (SSSR count). The average Bonchev–Trinajstić information content (AvgIpc) is 2.97. The Kier molecular flexibility index (Phi) is 6.13. The van der Waals surface area contributed by atoms with Crippen molar-refractivity contribution < 1.29 is 9.59 Å². The smallest absolute Gasteiger partial charge is 0.255 e. The summed E-state index contributed by atoms with van der Waals surface area (Å²) < 4.78 is 0. The fraction of sp³-hybridized carbons (Fsp3) is 0.682. The van der Waals surface area contributed by atoms with Crippen molar-refractivity contribution in [3.63, 3.8) is 0 Å². The molecule has 0 bridgehead atoms. The van der Waals surface area contributed by atoms with Crippen LogP contribution in [0.2, 0.25) is 0 Å². The van der Waals surface area contributed by atoms with Gasteiger partial charge in [-0.25, -0.2) is 4.98 Å². The molecule has 1 aromatic rings. The third kappa shape index (κ3) is 4.47. The number of piperidine rings is 1. The van der Waals surface area contributed by atoms with E-state index < -0.39 is 0 Å². The van der Waals surface area contributed by atoms with Gasteiger partial charge in [-0.15, -0.1) is 0 Å². The second-order valence-electron chi connectivity index (χ2n) is 8.49. The van der Waals surface area contributed by atoms with Crippen molar-refractivity contribution in [1.82, 2.24) is 14.8 Å². The maximum Gasteiger partial charge on any atom is 0.255 e. The van der Waals surface area contributed by atoms with E-state index in [1.165, 1.54) is 25.7 Å². The summed E-state index contributed by atoms with van der Waals surface area (Å²) >= 11 is 0. The van der Waals surface area contributed by atoms with Crippen molar-refractivity contribution in [2.45, 2.75) is 51.4 Å². The zero-order valence-electron chi connectivity index (χ0n) is 16.8. The van der Waals surface area contributed by atoms with Gasteiger partial charge in [-0.3, -0.25) is 9.59 Å². The van der Waals surface area contributed by atoms with E-state index in [1.807, 2.05) is 21.9 Å². The minimum absolute atomic E-state index is 0.0885. The maximum absolute atomic E-state index is 12.9. The van der Waals surface area contributed by atoms with Gasteiger partial charge in [0.1, 0.15) is 5.82 Å². The summed E-state index contributed by atoms with van der Waals surface area (Å²) in [5.41, 5.74) is 0.687. The number of pyridine rings is 1. The van der Waals surface area contributed by atoms with E-state index in [1.54, 1.807) is 6.20 Å². The first-order valence-electron chi connectivity index (χ1n) is 11.0. The molecule has 28 heavy (non-hydrogen) atoms. The van der Waals surface area contributed by atoms with Gasteiger partial charge in [0, 0.05) is 51.9 Å². The van der Waals surface area contributed by atoms with Crippen LogP contribution >= 0.6 is 0 Å². The summed E-state index contributed by atoms with van der Waals surface area (Å²) in [5.74, 6) is 1.90. The molecule has 6 nitrogen and oxygen atoms in total. The lowest BCUT2D eigenvalue weighted by molar-refractivity contribution is -0.128. The monoisotopic (exact) mass is 384 g/mol. The van der Waals surface area contributed by atoms with Gasteiger partial charge in [-0.2, -0.15) is 0 Å². The first-order chi connectivity index (χ1) is 13.7. The van der Waals surface area contributed by atoms with E-state index in [9.17, 15) is 9.59 Å². The molecule has 0 spiro atoms. The zero-order valence-corrected chi connectivity index (χ0v) is 16.8. The highest BCUT2D eigenvalue weighted by atomic mass is 16.2. The fourth-order valence-corrected chi connectivity index (χ4v) is 4.71. The number of rotatable bonds is 4. The van der Waals surface area contributed by atoms with Gasteiger partial charge in [0.05, 0.1) is 5.56 Å². The number of aromatic nitrogens is 1. The Morgan fingerprint density at radius 2 is 1.71 bits per heavy atom. The van der Waals surface area contributed by atoms with Crippen molar-refractivity contribution in [2.24, 2.45) is 5.92 Å². The van der Waals surface area contributed by atoms with E-state index in [0.29, 0.717) is 23.8 Å². The van der Waals surface area contributed by atoms with Gasteiger partial charge < -0.3 is 14.7 Å². The predicted octanol–water partition coefficient (Wildman–Crippen LogP) is 2.94. The standard InChI is InChI=1S/C22H32N4O2/c27-21-6-5-13-26(21)17-18-9-14-25(15-10-18)22(28)19-7-8-20(23-16-19)24-11-3-1-2-4-12-24/h7-8,16,18H,1-6,9-15,17H2. The summed E-state index contributed by atoms with van der Waals surface area (Å²) in [5, 5.41) is 0. The fourth-order valence-electron chi connectivity index (χ4n) is 4.71. The Hall–Kier alpha value is -2.11. The lowest BCUT2D eigenvalue weighted by Gasteiger charge is -2.34. The molecule has 3 saturated heterocycles. The second kappa shape index (κ2) is 8.93. The Morgan fingerprint density at radius 1 is 0.964 bits per heavy atom. The minimum atomic E-state index is 0.0885. The highest BCUT2D eigenvalue weighted by Gasteiger charge is 2.28. The van der Waals surface area contributed by atoms with E-state index >= 15 is 0 Å². The summed E-state index contributed by atoms with van der Waals surface area (Å²) in [6, 6.07) is 3.94. The van der Waals surface area contributed by atoms with Gasteiger partial charge in [-0.05, 0) is 50.2 Å². The lowest BCUT2D eigenvalue weighted by atomic mass is 9.96. The molecule has 3 aliphatic rings. The van der Waals surface area contributed by atoms with Gasteiger partial charge in [-0.1, -0.05) is 12.8 Å². The van der Waals surface area contributed by atoms with Crippen LogP contribution in [0, 0.1) is 5.92 Å². The molecule has 0 radical (unpaired) electrons. The van der Waals surface area contributed by atoms with Crippen LogP contribution in [0.1, 0.15) is 61.7 Å². The Balaban J connectivity index is 1.29. The van der Waals surface area contributed by atoms with Crippen LogP contribution < -0.4 is 4.90 Å². The van der Waals surface area contributed by atoms with E-state index in [-0.39, 0.29) is 5.91 Å². The van der Waals surface area contributed by atoms with Gasteiger partial charge in [0.2, 0.25) is 5.91 Å². The van der Waals surface area contributed by atoms with Gasteiger partial charge in [0.25, 0.3) is 5.91 Å². The van der Waals surface area contributed by atoms with Crippen LogP contribution in [0.25, 0.3) is 0 Å². The summed E-state index contributed by atoms with van der Waals surface area (Å²) in [7, 11) is 0. The predicted molar refractivity (Wildman–Crippen MR) is 109 cm³/mol. The van der Waals surface area contributed by atoms with Crippen LogP contribution in [-0.4, -0.2) is 65.9 Å². The average molecular weight is 385 g/mol. The van der Waals surface area contributed by atoms with Crippen LogP contribution in [0.15, 0.2) is 18.3 Å². The Bertz CT molecular complexity index is 674. The summed E-state index contributed by atoms with van der Waals surface area (Å²) in [6.07, 6.45) is 10.5. The molecule has 0 saturated carbocycles. The molecule has 2 amide bonds. The number of hydrogen-bond acceptors (Lipinski definition) is 4. The lowest BCUT2D eigenvalue weighted by Crippen LogP contribution is -2.42. The molecule has 3 fully saturated rings. The van der Waals surface area contributed by atoms with Gasteiger partial charge >= 0.3 is 0 Å². The van der Waals surface area contributed by atoms with Gasteiger partial charge in [0.15, 0.2) is 0 Å². The quantitative estimate of drug-likeness (QED) is 0.801. The van der Waals surface area contributed by atoms with Crippen molar-refractivity contribution >= 4 is 17.6 Å². The first kappa shape index (κ1) is 19.2. The van der Waals surface area contributed by atoms with Crippen molar-refractivity contribution in [1.29, 1.82) is 0 Å². The molecule has 0 aliphatic carbocycles. The molecule has 0 unspecified atom stereocenters. The highest BCUT2D eigenvalue weighted by molar-refractivity contribution is 5.94. The number of nitrogens with zero attached hydrogens (tertiary/aromatic N) is 4. The Morgan fingerprint density at radius 3 is 2.32 bits per heavy atom. The number of likely N-dealkylation sites (tertiary alicyclic amines) is 2. The second-order valence-corrected chi connectivity index (χ2v) is 8.49. The van der Waals surface area contributed by atoms with Crippen LogP contribution in [0.3, 0.4) is 0 Å². The molecular formula is C22H32N4O2. The summed E-state index contributed by atoms with van der Waals surface area (Å²) in [6.45, 7) is 5.46. The maximum atomic E-state index is 12.9. The summed E-state index contributed by atoms with van der Waals surface area (Å²) in [4.78, 5) is 35.6. The van der Waals surface area contributed by atoms with Crippen molar-refractivity contribution in [2.75, 3.05) is 44.2 Å². The number of hydrogen-bond donors (Lipinski definition) is 0. The molecule has 6 heteroatoms. The van der Waals surface area contributed by atoms with E-state index in [0.717, 1.165) is 64.3 Å². The molecule has 0 atom stereocenters. The Labute approximate surface area is 167 Å². The minimum Gasteiger partial charge on any atom is -0.357 e. The number of carbonyl (C=O) groups is 2. The molecule has 152 valence electrons. The molecule has 1 aromatic heterocycles. The number of anilines is 1. The van der Waals surface area contributed by atoms with Crippen molar-refractivity contribution in [3.8, 4) is 0 Å². The van der Waals surface area contributed by atoms with Crippen LogP contribution in [-0.2, 0) is 4.79 Å². The number of amides is 2. The molecule has 0 aromatic carbocycles. The SMILES string of the molecule is O=C1CCCN1CC1CCN(C(=O)c2ccc(N3CCCCCC3)nc2)CC1.